The third kappa shape index (κ3) is 3.57. The summed E-state index contributed by atoms with van der Waals surface area (Å²) in [6.45, 7) is 4.43. The summed E-state index contributed by atoms with van der Waals surface area (Å²) in [6, 6.07) is -0.500. The van der Waals surface area contributed by atoms with Crippen LogP contribution in [0.5, 0.6) is 0 Å². The lowest BCUT2D eigenvalue weighted by atomic mass is 10.2. The van der Waals surface area contributed by atoms with Crippen LogP contribution in [0.1, 0.15) is 13.8 Å². The molecule has 0 aliphatic carbocycles. The highest BCUT2D eigenvalue weighted by Crippen LogP contribution is 1.97. The van der Waals surface area contributed by atoms with Crippen molar-refractivity contribution >= 4 is 17.8 Å². The number of hydrogen-bond donors (Lipinski definition) is 2. The number of imide groups is 1. The van der Waals surface area contributed by atoms with Gasteiger partial charge in [-0.1, -0.05) is 13.8 Å². The molecule has 1 fully saturated rings. The van der Waals surface area contributed by atoms with Crippen molar-refractivity contribution in [2.24, 2.45) is 5.92 Å². The average Bonchev–Trinajstić information content (AvgIpc) is 2.42. The predicted octanol–water partition coefficient (Wildman–Crippen LogP) is -0.690. The van der Waals surface area contributed by atoms with Crippen molar-refractivity contribution in [2.45, 2.75) is 13.8 Å². The number of rotatable bonds is 4. The fourth-order valence-electron chi connectivity index (χ4n) is 1.16. The van der Waals surface area contributed by atoms with Crippen LogP contribution in [0.15, 0.2) is 0 Å². The molecule has 0 aromatic carbocycles. The number of nitrogens with zero attached hydrogens (tertiary/aromatic N) is 1. The molecule has 15 heavy (non-hydrogen) atoms. The number of carbonyl (C=O) groups is 3. The summed E-state index contributed by atoms with van der Waals surface area (Å²) in [5, 5.41) is 4.78. The molecule has 6 heteroatoms. The Morgan fingerprint density at radius 1 is 1.53 bits per heavy atom. The van der Waals surface area contributed by atoms with Crippen LogP contribution in [0.2, 0.25) is 0 Å². The maximum Gasteiger partial charge on any atom is 0.325 e. The van der Waals surface area contributed by atoms with Crippen molar-refractivity contribution in [3.05, 3.63) is 0 Å². The van der Waals surface area contributed by atoms with Crippen molar-refractivity contribution in [2.75, 3.05) is 19.6 Å². The predicted molar refractivity (Wildman–Crippen MR) is 53.0 cm³/mol. The van der Waals surface area contributed by atoms with Crippen LogP contribution >= 0.6 is 0 Å². The fraction of sp³-hybridized carbons (Fsp3) is 0.667. The second-order valence-electron chi connectivity index (χ2n) is 3.91. The van der Waals surface area contributed by atoms with Gasteiger partial charge in [0.15, 0.2) is 0 Å². The summed E-state index contributed by atoms with van der Waals surface area (Å²) < 4.78 is 0. The Kier molecular flexibility index (Phi) is 3.65. The van der Waals surface area contributed by atoms with Crippen molar-refractivity contribution in [3.63, 3.8) is 0 Å². The zero-order valence-electron chi connectivity index (χ0n) is 8.87. The molecule has 0 aromatic heterocycles. The fourth-order valence-corrected chi connectivity index (χ4v) is 1.16. The molecule has 84 valence electrons. The van der Waals surface area contributed by atoms with Crippen LogP contribution in [0.4, 0.5) is 4.79 Å². The first-order chi connectivity index (χ1) is 6.99. The minimum atomic E-state index is -0.500. The Bertz CT molecular complexity index is 288. The lowest BCUT2D eigenvalue weighted by Gasteiger charge is -2.13. The van der Waals surface area contributed by atoms with Gasteiger partial charge in [0.05, 0.1) is 0 Å². The Morgan fingerprint density at radius 2 is 2.20 bits per heavy atom. The van der Waals surface area contributed by atoms with Crippen LogP contribution in [0.25, 0.3) is 0 Å². The molecule has 1 rings (SSSR count). The molecule has 2 N–H and O–H groups in total. The highest BCUT2D eigenvalue weighted by atomic mass is 16.2. The smallest absolute Gasteiger partial charge is 0.325 e. The molecule has 1 aliphatic rings. The van der Waals surface area contributed by atoms with Crippen molar-refractivity contribution < 1.29 is 14.4 Å². The van der Waals surface area contributed by atoms with E-state index < -0.39 is 6.03 Å². The third-order valence-electron chi connectivity index (χ3n) is 1.91. The minimum Gasteiger partial charge on any atom is -0.354 e. The summed E-state index contributed by atoms with van der Waals surface area (Å²) in [5.74, 6) is -0.242. The standard InChI is InChI=1S/C9H15N3O3/c1-6(2)3-10-7(13)4-12-5-8(14)11-9(12)15/h6H,3-5H2,1-2H3,(H,10,13)(H,11,14,15). The van der Waals surface area contributed by atoms with Gasteiger partial charge < -0.3 is 10.2 Å². The van der Waals surface area contributed by atoms with Gasteiger partial charge in [-0.3, -0.25) is 14.9 Å². The van der Waals surface area contributed by atoms with Crippen molar-refractivity contribution in [1.82, 2.24) is 15.5 Å². The molecule has 0 bridgehead atoms. The van der Waals surface area contributed by atoms with Gasteiger partial charge >= 0.3 is 6.03 Å². The van der Waals surface area contributed by atoms with Crippen LogP contribution in [0.3, 0.4) is 0 Å². The summed E-state index contributed by atoms with van der Waals surface area (Å²) in [5.41, 5.74) is 0. The topological polar surface area (TPSA) is 78.5 Å². The first-order valence-electron chi connectivity index (χ1n) is 4.84. The van der Waals surface area contributed by atoms with E-state index in [2.05, 4.69) is 10.6 Å². The number of amides is 4. The Balaban J connectivity index is 2.32. The number of hydrogen-bond acceptors (Lipinski definition) is 3. The van der Waals surface area contributed by atoms with Gasteiger partial charge in [-0.15, -0.1) is 0 Å². The quantitative estimate of drug-likeness (QED) is 0.607. The molecule has 0 spiro atoms. The van der Waals surface area contributed by atoms with E-state index in [1.165, 1.54) is 4.90 Å². The third-order valence-corrected chi connectivity index (χ3v) is 1.91. The number of carbonyl (C=O) groups excluding carboxylic acids is 3. The zero-order chi connectivity index (χ0) is 11.4. The van der Waals surface area contributed by atoms with Gasteiger partial charge in [0.1, 0.15) is 13.1 Å². The Hall–Kier alpha value is -1.59. The van der Waals surface area contributed by atoms with Gasteiger partial charge in [-0.25, -0.2) is 4.79 Å². The van der Waals surface area contributed by atoms with Crippen molar-refractivity contribution in [1.29, 1.82) is 0 Å². The lowest BCUT2D eigenvalue weighted by Crippen LogP contribution is -2.40. The minimum absolute atomic E-state index is 0.0338. The van der Waals surface area contributed by atoms with Gasteiger partial charge in [-0.2, -0.15) is 0 Å². The van der Waals surface area contributed by atoms with E-state index in [1.54, 1.807) is 0 Å². The molecule has 4 amide bonds. The molecule has 1 saturated heterocycles. The van der Waals surface area contributed by atoms with Crippen LogP contribution in [0, 0.1) is 5.92 Å². The second kappa shape index (κ2) is 4.77. The van der Waals surface area contributed by atoms with E-state index in [0.717, 1.165) is 0 Å². The lowest BCUT2D eigenvalue weighted by molar-refractivity contribution is -0.122. The SMILES string of the molecule is CC(C)CNC(=O)CN1CC(=O)NC1=O. The largest absolute Gasteiger partial charge is 0.354 e. The molecule has 0 aromatic rings. The number of urea groups is 1. The summed E-state index contributed by atoms with van der Waals surface area (Å²) in [7, 11) is 0. The van der Waals surface area contributed by atoms with E-state index in [1.807, 2.05) is 13.8 Å². The van der Waals surface area contributed by atoms with Crippen molar-refractivity contribution in [3.8, 4) is 0 Å². The summed E-state index contributed by atoms with van der Waals surface area (Å²) >= 11 is 0. The van der Waals surface area contributed by atoms with Gasteiger partial charge in [0.25, 0.3) is 0 Å². The zero-order valence-corrected chi connectivity index (χ0v) is 8.87. The molecule has 0 unspecified atom stereocenters. The first-order valence-corrected chi connectivity index (χ1v) is 4.84. The first kappa shape index (κ1) is 11.5. The van der Waals surface area contributed by atoms with E-state index in [-0.39, 0.29) is 24.9 Å². The van der Waals surface area contributed by atoms with E-state index in [0.29, 0.717) is 12.5 Å². The molecule has 6 nitrogen and oxygen atoms in total. The van der Waals surface area contributed by atoms with Crippen LogP contribution in [-0.2, 0) is 9.59 Å². The monoisotopic (exact) mass is 213 g/mol. The second-order valence-corrected chi connectivity index (χ2v) is 3.91. The van der Waals surface area contributed by atoms with Crippen LogP contribution in [-0.4, -0.2) is 42.4 Å². The molecule has 0 radical (unpaired) electrons. The average molecular weight is 213 g/mol. The molecular formula is C9H15N3O3. The van der Waals surface area contributed by atoms with E-state index in [4.69, 9.17) is 0 Å². The molecular weight excluding hydrogens is 198 g/mol. The Morgan fingerprint density at radius 3 is 2.67 bits per heavy atom. The number of nitrogens with one attached hydrogen (secondary N) is 2. The summed E-state index contributed by atoms with van der Waals surface area (Å²) in [4.78, 5) is 34.4. The molecule has 0 atom stereocenters. The molecule has 1 aliphatic heterocycles. The highest BCUT2D eigenvalue weighted by Gasteiger charge is 2.27. The maximum atomic E-state index is 11.3. The van der Waals surface area contributed by atoms with Gasteiger partial charge in [0.2, 0.25) is 11.8 Å². The van der Waals surface area contributed by atoms with Crippen LogP contribution < -0.4 is 10.6 Å². The molecule has 1 heterocycles. The highest BCUT2D eigenvalue weighted by molar-refractivity contribution is 6.03. The maximum absolute atomic E-state index is 11.3. The molecule has 0 saturated carbocycles. The van der Waals surface area contributed by atoms with E-state index in [9.17, 15) is 14.4 Å². The van der Waals surface area contributed by atoms with Gasteiger partial charge in [-0.05, 0) is 5.92 Å². The Labute approximate surface area is 88.0 Å². The summed E-state index contributed by atoms with van der Waals surface area (Å²) in [6.07, 6.45) is 0. The van der Waals surface area contributed by atoms with Gasteiger partial charge in [0, 0.05) is 6.54 Å². The van der Waals surface area contributed by atoms with E-state index >= 15 is 0 Å². The normalized spacial score (nSPS) is 15.8.